The molecule has 0 radical (unpaired) electrons. The summed E-state index contributed by atoms with van der Waals surface area (Å²) in [7, 11) is -3.04. The van der Waals surface area contributed by atoms with Crippen molar-refractivity contribution < 1.29 is 13.2 Å². The molecule has 0 saturated carbocycles. The predicted octanol–water partition coefficient (Wildman–Crippen LogP) is 2.44. The van der Waals surface area contributed by atoms with Gasteiger partial charge in [-0.05, 0) is 49.4 Å². The van der Waals surface area contributed by atoms with Gasteiger partial charge in [-0.3, -0.25) is 4.79 Å². The molecule has 2 aliphatic rings. The van der Waals surface area contributed by atoms with Crippen molar-refractivity contribution >= 4 is 33.0 Å². The lowest BCUT2D eigenvalue weighted by molar-refractivity contribution is -0.121. The van der Waals surface area contributed by atoms with Crippen LogP contribution in [0.4, 0.5) is 5.69 Å². The van der Waals surface area contributed by atoms with Gasteiger partial charge in [0.15, 0.2) is 9.84 Å². The minimum Gasteiger partial charge on any atom is -0.312 e. The van der Waals surface area contributed by atoms with Crippen LogP contribution in [-0.2, 0) is 21.1 Å². The Hall–Kier alpha value is -1.07. The number of halogens is 1. The standard InChI is InChI=1S/C15H18ClNO3S/c16-13-4-5-14-11(9-13)3-1-2-7-17(14)15(18)12-6-8-21(19,20)10-12/h4-5,9,12H,1-3,6-8,10H2. The first kappa shape index (κ1) is 14.9. The van der Waals surface area contributed by atoms with Crippen LogP contribution in [-0.4, -0.2) is 32.4 Å². The molecule has 114 valence electrons. The highest BCUT2D eigenvalue weighted by Gasteiger charge is 2.36. The molecule has 6 heteroatoms. The lowest BCUT2D eigenvalue weighted by Crippen LogP contribution is -2.37. The molecule has 0 spiro atoms. The highest BCUT2D eigenvalue weighted by Crippen LogP contribution is 2.31. The Bertz CT molecular complexity index is 671. The fourth-order valence-electron chi connectivity index (χ4n) is 3.16. The number of anilines is 1. The van der Waals surface area contributed by atoms with E-state index in [1.807, 2.05) is 12.1 Å². The number of hydrogen-bond acceptors (Lipinski definition) is 3. The van der Waals surface area contributed by atoms with E-state index in [0.29, 0.717) is 18.0 Å². The first-order chi connectivity index (χ1) is 9.96. The van der Waals surface area contributed by atoms with Crippen LogP contribution in [0.2, 0.25) is 5.02 Å². The van der Waals surface area contributed by atoms with Crippen LogP contribution >= 0.6 is 11.6 Å². The number of rotatable bonds is 1. The molecule has 4 nitrogen and oxygen atoms in total. The largest absolute Gasteiger partial charge is 0.312 e. The molecular formula is C15H18ClNO3S. The fourth-order valence-corrected chi connectivity index (χ4v) is 5.09. The summed E-state index contributed by atoms with van der Waals surface area (Å²) < 4.78 is 23.2. The molecule has 0 bridgehead atoms. The molecule has 1 saturated heterocycles. The molecule has 3 rings (SSSR count). The van der Waals surface area contributed by atoms with Gasteiger partial charge in [0.1, 0.15) is 0 Å². The summed E-state index contributed by atoms with van der Waals surface area (Å²) in [6.07, 6.45) is 3.29. The average molecular weight is 328 g/mol. The van der Waals surface area contributed by atoms with Gasteiger partial charge in [-0.25, -0.2) is 8.42 Å². The second-order valence-corrected chi connectivity index (χ2v) is 8.49. The maximum atomic E-state index is 12.7. The van der Waals surface area contributed by atoms with E-state index in [0.717, 1.165) is 30.5 Å². The van der Waals surface area contributed by atoms with E-state index >= 15 is 0 Å². The lowest BCUT2D eigenvalue weighted by atomic mass is 10.1. The minimum absolute atomic E-state index is 0.00867. The number of amides is 1. The number of carbonyl (C=O) groups excluding carboxylic acids is 1. The normalized spacial score (nSPS) is 24.4. The van der Waals surface area contributed by atoms with Crippen molar-refractivity contribution in [3.8, 4) is 0 Å². The molecular weight excluding hydrogens is 310 g/mol. The smallest absolute Gasteiger partial charge is 0.231 e. The summed E-state index contributed by atoms with van der Waals surface area (Å²) in [5.41, 5.74) is 1.97. The van der Waals surface area contributed by atoms with Gasteiger partial charge in [-0.2, -0.15) is 0 Å². The molecule has 0 N–H and O–H groups in total. The van der Waals surface area contributed by atoms with Gasteiger partial charge >= 0.3 is 0 Å². The first-order valence-corrected chi connectivity index (χ1v) is 9.46. The highest BCUT2D eigenvalue weighted by atomic mass is 35.5. The van der Waals surface area contributed by atoms with Crippen LogP contribution in [0.5, 0.6) is 0 Å². The van der Waals surface area contributed by atoms with E-state index in [1.54, 1.807) is 11.0 Å². The second-order valence-electron chi connectivity index (χ2n) is 5.82. The number of hydrogen-bond donors (Lipinski definition) is 0. The summed E-state index contributed by atoms with van der Waals surface area (Å²) in [5, 5.41) is 0.673. The Morgan fingerprint density at radius 1 is 1.29 bits per heavy atom. The lowest BCUT2D eigenvalue weighted by Gasteiger charge is -2.25. The van der Waals surface area contributed by atoms with Gasteiger partial charge in [0.2, 0.25) is 5.91 Å². The third-order valence-electron chi connectivity index (χ3n) is 4.26. The van der Waals surface area contributed by atoms with E-state index in [1.165, 1.54) is 0 Å². The van der Waals surface area contributed by atoms with Gasteiger partial charge < -0.3 is 4.90 Å². The van der Waals surface area contributed by atoms with Crippen LogP contribution in [0.3, 0.4) is 0 Å². The van der Waals surface area contributed by atoms with E-state index < -0.39 is 15.8 Å². The third-order valence-corrected chi connectivity index (χ3v) is 6.26. The summed E-state index contributed by atoms with van der Waals surface area (Å²) in [6.45, 7) is 0.657. The van der Waals surface area contributed by atoms with Crippen LogP contribution in [0.15, 0.2) is 18.2 Å². The Morgan fingerprint density at radius 2 is 2.10 bits per heavy atom. The van der Waals surface area contributed by atoms with E-state index in [4.69, 9.17) is 11.6 Å². The van der Waals surface area contributed by atoms with Crippen molar-refractivity contribution in [3.63, 3.8) is 0 Å². The Kier molecular flexibility index (Phi) is 3.97. The zero-order valence-corrected chi connectivity index (χ0v) is 13.3. The van der Waals surface area contributed by atoms with Crippen LogP contribution in [0.1, 0.15) is 24.8 Å². The first-order valence-electron chi connectivity index (χ1n) is 7.26. The third kappa shape index (κ3) is 3.09. The number of carbonyl (C=O) groups is 1. The van der Waals surface area contributed by atoms with Crippen molar-refractivity contribution in [2.45, 2.75) is 25.7 Å². The minimum atomic E-state index is -3.04. The van der Waals surface area contributed by atoms with Crippen molar-refractivity contribution in [3.05, 3.63) is 28.8 Å². The van der Waals surface area contributed by atoms with Crippen molar-refractivity contribution in [1.29, 1.82) is 0 Å². The molecule has 1 aromatic rings. The molecule has 1 amide bonds. The molecule has 1 fully saturated rings. The molecule has 1 atom stereocenters. The van der Waals surface area contributed by atoms with Crippen LogP contribution in [0, 0.1) is 5.92 Å². The molecule has 2 heterocycles. The monoisotopic (exact) mass is 327 g/mol. The van der Waals surface area contributed by atoms with E-state index in [9.17, 15) is 13.2 Å². The number of benzene rings is 1. The zero-order valence-electron chi connectivity index (χ0n) is 11.7. The summed E-state index contributed by atoms with van der Waals surface area (Å²) in [5.74, 6) is -0.325. The quantitative estimate of drug-likeness (QED) is 0.796. The molecule has 1 aromatic carbocycles. The Labute approximate surface area is 130 Å². The molecule has 21 heavy (non-hydrogen) atoms. The van der Waals surface area contributed by atoms with Crippen molar-refractivity contribution in [2.75, 3.05) is 23.0 Å². The van der Waals surface area contributed by atoms with Gasteiger partial charge in [0.05, 0.1) is 17.4 Å². The molecule has 0 aromatic heterocycles. The maximum Gasteiger partial charge on any atom is 0.231 e. The Balaban J connectivity index is 1.90. The van der Waals surface area contributed by atoms with Crippen molar-refractivity contribution in [1.82, 2.24) is 0 Å². The number of nitrogens with zero attached hydrogens (tertiary/aromatic N) is 1. The second kappa shape index (κ2) is 5.61. The topological polar surface area (TPSA) is 54.5 Å². The van der Waals surface area contributed by atoms with Gasteiger partial charge in [-0.1, -0.05) is 11.6 Å². The molecule has 2 aliphatic heterocycles. The average Bonchev–Trinajstić information content (AvgIpc) is 2.68. The predicted molar refractivity (Wildman–Crippen MR) is 83.5 cm³/mol. The highest BCUT2D eigenvalue weighted by molar-refractivity contribution is 7.91. The van der Waals surface area contributed by atoms with Crippen molar-refractivity contribution in [2.24, 2.45) is 5.92 Å². The van der Waals surface area contributed by atoms with Crippen LogP contribution < -0.4 is 4.90 Å². The summed E-state index contributed by atoms with van der Waals surface area (Å²) in [4.78, 5) is 14.5. The summed E-state index contributed by atoms with van der Waals surface area (Å²) >= 11 is 6.04. The van der Waals surface area contributed by atoms with E-state index in [-0.39, 0.29) is 17.4 Å². The Morgan fingerprint density at radius 3 is 2.81 bits per heavy atom. The fraction of sp³-hybridized carbons (Fsp3) is 0.533. The zero-order chi connectivity index (χ0) is 15.0. The van der Waals surface area contributed by atoms with E-state index in [2.05, 4.69) is 0 Å². The molecule has 0 aliphatic carbocycles. The number of sulfone groups is 1. The summed E-state index contributed by atoms with van der Waals surface area (Å²) in [6, 6.07) is 5.58. The van der Waals surface area contributed by atoms with Gasteiger partial charge in [0.25, 0.3) is 0 Å². The number of fused-ring (bicyclic) bond motifs is 1. The van der Waals surface area contributed by atoms with Gasteiger partial charge in [-0.15, -0.1) is 0 Å². The van der Waals surface area contributed by atoms with Crippen LogP contribution in [0.25, 0.3) is 0 Å². The molecule has 1 unspecified atom stereocenters. The maximum absolute atomic E-state index is 12.7. The SMILES string of the molecule is O=C(C1CCS(=O)(=O)C1)N1CCCCc2cc(Cl)ccc21. The van der Waals surface area contributed by atoms with Gasteiger partial charge in [0, 0.05) is 17.3 Å². The number of aryl methyl sites for hydroxylation is 1.